The van der Waals surface area contributed by atoms with E-state index in [1.807, 2.05) is 25.1 Å². The first-order valence-corrected chi connectivity index (χ1v) is 9.81. The van der Waals surface area contributed by atoms with Crippen molar-refractivity contribution in [1.29, 1.82) is 0 Å². The maximum Gasteiger partial charge on any atom is 0.234 e. The maximum absolute atomic E-state index is 11.9. The van der Waals surface area contributed by atoms with Crippen LogP contribution in [0.3, 0.4) is 0 Å². The number of rotatable bonds is 6. The van der Waals surface area contributed by atoms with E-state index in [2.05, 4.69) is 38.4 Å². The van der Waals surface area contributed by atoms with Gasteiger partial charge in [-0.2, -0.15) is 0 Å². The van der Waals surface area contributed by atoms with Gasteiger partial charge in [-0.15, -0.1) is 10.2 Å². The number of hydrogen-bond donors (Lipinski definition) is 1. The van der Waals surface area contributed by atoms with Crippen molar-refractivity contribution in [3.05, 3.63) is 28.2 Å². The molecule has 4 nitrogen and oxygen atoms in total. The van der Waals surface area contributed by atoms with Gasteiger partial charge in [0.25, 0.3) is 0 Å². The lowest BCUT2D eigenvalue weighted by molar-refractivity contribution is -0.113. The van der Waals surface area contributed by atoms with Crippen molar-refractivity contribution in [2.24, 2.45) is 0 Å². The summed E-state index contributed by atoms with van der Waals surface area (Å²) in [6, 6.07) is 5.76. The van der Waals surface area contributed by atoms with E-state index >= 15 is 0 Å². The molecule has 0 unspecified atom stereocenters. The molecule has 0 fully saturated rings. The largest absolute Gasteiger partial charge is 0.325 e. The van der Waals surface area contributed by atoms with E-state index in [-0.39, 0.29) is 5.91 Å². The van der Waals surface area contributed by atoms with Crippen LogP contribution in [-0.2, 0) is 4.79 Å². The Morgan fingerprint density at radius 2 is 2.05 bits per heavy atom. The van der Waals surface area contributed by atoms with E-state index in [1.54, 1.807) is 11.8 Å². The van der Waals surface area contributed by atoms with E-state index in [0.717, 1.165) is 30.2 Å². The van der Waals surface area contributed by atoms with Crippen LogP contribution in [0.15, 0.2) is 31.4 Å². The standard InChI is InChI=1S/C13H14BrN3OS3/c1-3-19-12-16-17-13(21-12)20-7-11(18)15-9-5-4-8(2)10(14)6-9/h4-6H,3,7H2,1-2H3,(H,15,18). The number of anilines is 1. The lowest BCUT2D eigenvalue weighted by Crippen LogP contribution is -2.13. The van der Waals surface area contributed by atoms with E-state index < -0.39 is 0 Å². The molecule has 0 radical (unpaired) electrons. The number of carbonyl (C=O) groups excluding carboxylic acids is 1. The Morgan fingerprint density at radius 3 is 2.71 bits per heavy atom. The van der Waals surface area contributed by atoms with Crippen LogP contribution in [0.1, 0.15) is 12.5 Å². The van der Waals surface area contributed by atoms with Crippen LogP contribution in [0.2, 0.25) is 0 Å². The molecule has 1 aromatic carbocycles. The average Bonchev–Trinajstić information content (AvgIpc) is 2.89. The number of aromatic nitrogens is 2. The van der Waals surface area contributed by atoms with Crippen molar-refractivity contribution in [2.75, 3.05) is 16.8 Å². The Labute approximate surface area is 144 Å². The first-order chi connectivity index (χ1) is 10.1. The summed E-state index contributed by atoms with van der Waals surface area (Å²) in [5, 5.41) is 11.0. The van der Waals surface area contributed by atoms with E-state index in [4.69, 9.17) is 0 Å². The van der Waals surface area contributed by atoms with Crippen molar-refractivity contribution >= 4 is 62.4 Å². The molecular weight excluding hydrogens is 390 g/mol. The molecule has 8 heteroatoms. The number of benzene rings is 1. The highest BCUT2D eigenvalue weighted by atomic mass is 79.9. The number of nitrogens with one attached hydrogen (secondary N) is 1. The van der Waals surface area contributed by atoms with Crippen molar-refractivity contribution in [1.82, 2.24) is 10.2 Å². The van der Waals surface area contributed by atoms with Gasteiger partial charge in [0, 0.05) is 10.2 Å². The monoisotopic (exact) mass is 403 g/mol. The topological polar surface area (TPSA) is 54.9 Å². The lowest BCUT2D eigenvalue weighted by Gasteiger charge is -2.06. The minimum absolute atomic E-state index is 0.0457. The predicted molar refractivity (Wildman–Crippen MR) is 94.5 cm³/mol. The molecule has 0 saturated carbocycles. The summed E-state index contributed by atoms with van der Waals surface area (Å²) in [5.74, 6) is 1.26. The van der Waals surface area contributed by atoms with Gasteiger partial charge in [0.15, 0.2) is 8.68 Å². The van der Waals surface area contributed by atoms with Crippen molar-refractivity contribution in [2.45, 2.75) is 22.5 Å². The van der Waals surface area contributed by atoms with Crippen LogP contribution in [0.25, 0.3) is 0 Å². The zero-order valence-corrected chi connectivity index (χ0v) is 15.6. The molecule has 21 heavy (non-hydrogen) atoms. The van der Waals surface area contributed by atoms with Gasteiger partial charge in [0.05, 0.1) is 5.75 Å². The Balaban J connectivity index is 1.85. The zero-order chi connectivity index (χ0) is 15.2. The first-order valence-electron chi connectivity index (χ1n) is 6.23. The molecule has 0 atom stereocenters. The summed E-state index contributed by atoms with van der Waals surface area (Å²) in [6.07, 6.45) is 0. The van der Waals surface area contributed by atoms with Crippen molar-refractivity contribution in [3.63, 3.8) is 0 Å². The third-order valence-corrected chi connectivity index (χ3v) is 6.36. The van der Waals surface area contributed by atoms with Crippen LogP contribution in [0.5, 0.6) is 0 Å². The summed E-state index contributed by atoms with van der Waals surface area (Å²) in [6.45, 7) is 4.08. The van der Waals surface area contributed by atoms with Gasteiger partial charge in [-0.1, -0.05) is 63.8 Å². The van der Waals surface area contributed by atoms with Gasteiger partial charge in [0.1, 0.15) is 0 Å². The summed E-state index contributed by atoms with van der Waals surface area (Å²) < 4.78 is 2.76. The van der Waals surface area contributed by atoms with Gasteiger partial charge in [-0.3, -0.25) is 4.79 Å². The molecule has 1 amide bonds. The molecule has 0 aliphatic carbocycles. The fourth-order valence-corrected chi connectivity index (χ4v) is 4.53. The van der Waals surface area contributed by atoms with Crippen molar-refractivity contribution < 1.29 is 4.79 Å². The molecule has 1 N–H and O–H groups in total. The third-order valence-electron chi connectivity index (χ3n) is 2.44. The minimum Gasteiger partial charge on any atom is -0.325 e. The molecule has 1 aromatic heterocycles. The number of nitrogens with zero attached hydrogens (tertiary/aromatic N) is 2. The molecule has 0 aliphatic heterocycles. The highest BCUT2D eigenvalue weighted by Crippen LogP contribution is 2.28. The van der Waals surface area contributed by atoms with Gasteiger partial charge in [-0.25, -0.2) is 0 Å². The molecule has 0 aliphatic rings. The fraction of sp³-hybridized carbons (Fsp3) is 0.308. The number of amides is 1. The van der Waals surface area contributed by atoms with E-state index in [1.165, 1.54) is 23.1 Å². The van der Waals surface area contributed by atoms with Crippen LogP contribution in [0.4, 0.5) is 5.69 Å². The SMILES string of the molecule is CCSc1nnc(SCC(=O)Nc2ccc(C)c(Br)c2)s1. The molecule has 2 aromatic rings. The number of aryl methyl sites for hydroxylation is 1. The highest BCUT2D eigenvalue weighted by molar-refractivity contribution is 9.10. The number of carbonyl (C=O) groups is 1. The number of halogens is 1. The molecule has 1 heterocycles. The molecule has 0 saturated heterocycles. The van der Waals surface area contributed by atoms with Gasteiger partial charge < -0.3 is 5.32 Å². The normalized spacial score (nSPS) is 10.6. The third kappa shape index (κ3) is 5.28. The smallest absolute Gasteiger partial charge is 0.234 e. The maximum atomic E-state index is 11.9. The summed E-state index contributed by atoms with van der Waals surface area (Å²) in [5.41, 5.74) is 1.93. The van der Waals surface area contributed by atoms with Crippen LogP contribution >= 0.6 is 50.8 Å². The number of hydrogen-bond acceptors (Lipinski definition) is 6. The Kier molecular flexibility index (Phi) is 6.53. The summed E-state index contributed by atoms with van der Waals surface area (Å²) >= 11 is 8.05. The van der Waals surface area contributed by atoms with Crippen LogP contribution < -0.4 is 5.32 Å². The van der Waals surface area contributed by atoms with Crippen molar-refractivity contribution in [3.8, 4) is 0 Å². The van der Waals surface area contributed by atoms with E-state index in [0.29, 0.717) is 5.75 Å². The predicted octanol–water partition coefficient (Wildman–Crippen LogP) is 4.45. The quantitative estimate of drug-likeness (QED) is 0.721. The second kappa shape index (κ2) is 8.17. The Bertz CT molecular complexity index is 633. The Morgan fingerprint density at radius 1 is 1.33 bits per heavy atom. The van der Waals surface area contributed by atoms with E-state index in [9.17, 15) is 4.79 Å². The molecule has 2 rings (SSSR count). The average molecular weight is 404 g/mol. The van der Waals surface area contributed by atoms with Gasteiger partial charge in [-0.05, 0) is 30.4 Å². The molecular formula is C13H14BrN3OS3. The highest BCUT2D eigenvalue weighted by Gasteiger charge is 2.09. The van der Waals surface area contributed by atoms with Gasteiger partial charge >= 0.3 is 0 Å². The second-order valence-electron chi connectivity index (χ2n) is 4.07. The summed E-state index contributed by atoms with van der Waals surface area (Å²) in [7, 11) is 0. The molecule has 0 spiro atoms. The van der Waals surface area contributed by atoms with Crippen LogP contribution in [-0.4, -0.2) is 27.6 Å². The molecule has 112 valence electrons. The zero-order valence-electron chi connectivity index (χ0n) is 11.6. The second-order valence-corrected chi connectivity index (χ2v) is 8.63. The minimum atomic E-state index is -0.0457. The first kappa shape index (κ1) is 16.8. The lowest BCUT2D eigenvalue weighted by atomic mass is 10.2. The van der Waals surface area contributed by atoms with Gasteiger partial charge in [0.2, 0.25) is 5.91 Å². The summed E-state index contributed by atoms with van der Waals surface area (Å²) in [4.78, 5) is 11.9. The molecule has 0 bridgehead atoms. The Hall–Kier alpha value is -0.570. The fourth-order valence-electron chi connectivity index (χ4n) is 1.43. The van der Waals surface area contributed by atoms with Crippen LogP contribution in [0, 0.1) is 6.92 Å². The number of thioether (sulfide) groups is 2.